The molecule has 129 heavy (non-hydrogen) atoms. The third-order valence-electron chi connectivity index (χ3n) is 20.2. The van der Waals surface area contributed by atoms with Crippen molar-refractivity contribution in [1.82, 2.24) is 73.6 Å². The van der Waals surface area contributed by atoms with E-state index in [0.717, 1.165) is 17.9 Å². The number of phenolic OH excluding ortho intramolecular Hbond substituents is 1. The predicted octanol–water partition coefficient (Wildman–Crippen LogP) is -5.13. The van der Waals surface area contributed by atoms with Gasteiger partial charge in [0.15, 0.2) is 0 Å². The van der Waals surface area contributed by atoms with E-state index in [0.29, 0.717) is 10.5 Å². The van der Waals surface area contributed by atoms with Gasteiger partial charge in [-0.05, 0) is 112 Å². The molecule has 48 nitrogen and oxygen atoms in total. The molecule has 0 bridgehead atoms. The summed E-state index contributed by atoms with van der Waals surface area (Å²) in [4.78, 5) is 269. The van der Waals surface area contributed by atoms with Crippen molar-refractivity contribution in [3.8, 4) is 17.2 Å². The number of likely N-dealkylation sites (tertiary alicyclic amines) is 1. The Kier molecular flexibility index (Phi) is 46.8. The van der Waals surface area contributed by atoms with Crippen molar-refractivity contribution in [2.45, 2.75) is 231 Å². The highest BCUT2D eigenvalue weighted by Gasteiger charge is 2.44. The summed E-state index contributed by atoms with van der Waals surface area (Å²) in [7, 11) is -4.28. The molecule has 0 radical (unpaired) electrons. The molecule has 16 atom stereocenters. The summed E-state index contributed by atoms with van der Waals surface area (Å²) >= 11 is 0. The van der Waals surface area contributed by atoms with Gasteiger partial charge in [-0.25, -0.2) is 14.2 Å². The summed E-state index contributed by atoms with van der Waals surface area (Å²) in [6, 6.07) is -14.9. The van der Waals surface area contributed by atoms with Gasteiger partial charge in [-0.2, -0.15) is 0 Å². The van der Waals surface area contributed by atoms with E-state index in [1.165, 1.54) is 98.1 Å². The van der Waals surface area contributed by atoms with Crippen molar-refractivity contribution in [2.24, 2.45) is 35.1 Å². The van der Waals surface area contributed by atoms with Gasteiger partial charge in [0.25, 0.3) is 0 Å². The molecule has 0 saturated carbocycles. The first kappa shape index (κ1) is 111. The molecule has 0 aliphatic carbocycles. The molecular formula is C80H123N16O32P. The fourth-order valence-electron chi connectivity index (χ4n) is 12.8. The lowest BCUT2D eigenvalue weighted by atomic mass is 9.95. The number of carboxylic acid groups (broad SMARTS) is 3. The molecule has 1 fully saturated rings. The number of unbranched alkanes of at least 4 members (excludes halogenated alkanes) is 1. The van der Waals surface area contributed by atoms with Crippen LogP contribution >= 0.6 is 7.82 Å². The van der Waals surface area contributed by atoms with Crippen LogP contribution in [0.25, 0.3) is 0 Å². The molecule has 1 saturated heterocycles. The molecule has 2 aromatic carbocycles. The second kappa shape index (κ2) is 54.3. The minimum Gasteiger partial charge on any atom is -0.508 e. The van der Waals surface area contributed by atoms with E-state index in [9.17, 15) is 136 Å². The maximum absolute atomic E-state index is 14.9. The van der Waals surface area contributed by atoms with Gasteiger partial charge in [-0.3, -0.25) is 81.2 Å². The lowest BCUT2D eigenvalue weighted by Crippen LogP contribution is -2.62. The molecule has 14 amide bonds. The molecule has 49 heteroatoms. The Labute approximate surface area is 742 Å². The number of hydrogen-bond donors (Lipinski definition) is 23. The van der Waals surface area contributed by atoms with Crippen molar-refractivity contribution in [2.75, 3.05) is 53.2 Å². The number of aliphatic hydroxyl groups excluding tert-OH is 3. The molecule has 0 unspecified atom stereocenters. The zero-order valence-corrected chi connectivity index (χ0v) is 74.3. The van der Waals surface area contributed by atoms with Crippen LogP contribution in [0, 0.1) is 23.7 Å². The molecule has 720 valence electrons. The number of carbonyl (C=O) groups is 18. The number of nitrogens with two attached hydrogens (primary N) is 2. The highest BCUT2D eigenvalue weighted by Crippen LogP contribution is 2.36. The Morgan fingerprint density at radius 1 is 0.597 bits per heavy atom. The number of aromatic hydroxyl groups is 1. The van der Waals surface area contributed by atoms with Crippen LogP contribution < -0.4 is 84.7 Å². The first-order chi connectivity index (χ1) is 60.5. The molecule has 25 N–H and O–H groups in total. The van der Waals surface area contributed by atoms with Crippen LogP contribution in [0.5, 0.6) is 17.2 Å². The van der Waals surface area contributed by atoms with Crippen molar-refractivity contribution >= 4 is 115 Å². The number of phosphoric ester groups is 1. The van der Waals surface area contributed by atoms with Crippen molar-refractivity contribution in [1.29, 1.82) is 0 Å². The number of nitrogens with zero attached hydrogens (tertiary/aromatic N) is 2. The van der Waals surface area contributed by atoms with E-state index in [1.54, 1.807) is 13.8 Å². The minimum atomic E-state index is -5.52. The van der Waals surface area contributed by atoms with Gasteiger partial charge in [-0.1, -0.05) is 86.6 Å². The first-order valence-corrected chi connectivity index (χ1v) is 42.8. The number of aliphatic carboxylic acids is 3. The van der Waals surface area contributed by atoms with Crippen LogP contribution in [0.3, 0.4) is 0 Å². The van der Waals surface area contributed by atoms with Crippen LogP contribution in [-0.2, 0) is 108 Å². The van der Waals surface area contributed by atoms with Gasteiger partial charge in [-0.15, -0.1) is 0 Å². The van der Waals surface area contributed by atoms with Gasteiger partial charge in [0.1, 0.15) is 102 Å². The number of hydrogen-bond acceptors (Lipinski definition) is 29. The lowest BCUT2D eigenvalue weighted by Gasteiger charge is -2.32. The molecule has 3 rings (SSSR count). The number of phosphoric acid groups is 1. The van der Waals surface area contributed by atoms with Gasteiger partial charge >= 0.3 is 31.9 Å². The number of rotatable bonds is 56. The summed E-state index contributed by atoms with van der Waals surface area (Å²) < 4.78 is 32.8. The zero-order chi connectivity index (χ0) is 97.6. The molecule has 2 aromatic rings. The first-order valence-electron chi connectivity index (χ1n) is 41.3. The summed E-state index contributed by atoms with van der Waals surface area (Å²) in [5.74, 6) is -24.4. The number of amides is 14. The van der Waals surface area contributed by atoms with E-state index in [-0.39, 0.29) is 87.5 Å². The fraction of sp³-hybridized carbons (Fsp3) is 0.600. The van der Waals surface area contributed by atoms with Crippen molar-refractivity contribution in [3.63, 3.8) is 0 Å². The molecule has 0 aromatic heterocycles. The Bertz CT molecular complexity index is 4280. The fourth-order valence-corrected chi connectivity index (χ4v) is 13.1. The molecular weight excluding hydrogens is 1730 g/mol. The Morgan fingerprint density at radius 3 is 1.61 bits per heavy atom. The monoisotopic (exact) mass is 1850 g/mol. The SMILES string of the molecule is C=CCOC(=O)Oc1cc(OC)ccc1CN(CC(=O)N[C@@H](CC(=O)O)C(=O)N[C@H](C(=O)N[C@@H](CO)C(=O)O)[C@@H](C)O)C(=O)[C@H](CO)NC(=O)[C@@H](NC(=O)[C@@H](NC(=O)[C@@H]1CCCN1C(=O)[C@H](COP(=O)(O)O)NC(=O)[C@H](CCCCN)NC(=O)[C@H](Cc1ccc(O)cc1)NC(=O)[C@@H](NC(=O)[C@@H](NC(=O)[C@H](CCC(=O)O)NC(=O)[C@H](C)N)[C@@H](C)CC)C(C)C)C(C)C)C(C)C. The highest BCUT2D eigenvalue weighted by molar-refractivity contribution is 7.46. The Morgan fingerprint density at radius 2 is 1.09 bits per heavy atom. The summed E-state index contributed by atoms with van der Waals surface area (Å²) in [5.41, 5.74) is 11.7. The van der Waals surface area contributed by atoms with E-state index in [2.05, 4.69) is 59.7 Å². The number of carboxylic acids is 3. The van der Waals surface area contributed by atoms with Gasteiger partial charge in [0, 0.05) is 37.6 Å². The lowest BCUT2D eigenvalue weighted by molar-refractivity contribution is -0.145. The number of methoxy groups -OCH3 is 1. The highest BCUT2D eigenvalue weighted by atomic mass is 31.2. The smallest absolute Gasteiger partial charge is 0.508 e. The number of aliphatic hydroxyl groups is 3. The van der Waals surface area contributed by atoms with E-state index in [4.69, 9.17) is 30.2 Å². The van der Waals surface area contributed by atoms with Crippen LogP contribution in [-0.4, -0.2) is 306 Å². The van der Waals surface area contributed by atoms with E-state index in [1.807, 2.05) is 10.6 Å². The Hall–Kier alpha value is -12.1. The molecule has 1 heterocycles. The number of carbonyl (C=O) groups excluding carboxylic acids is 15. The van der Waals surface area contributed by atoms with E-state index < -0.39 is 281 Å². The predicted molar refractivity (Wildman–Crippen MR) is 451 cm³/mol. The third kappa shape index (κ3) is 37.3. The van der Waals surface area contributed by atoms with E-state index >= 15 is 0 Å². The standard InChI is InChI=1S/C80H123N16O32P/c1-13-30-126-80(121)128-57-32-48(125-12)25-22-46(57)34-95(35-58(101)83-52(33-60(104)105)70(110)94-65(44(11)99)76(116)88-54(37-98)79(119)120)77(117)53(36-97)87-73(113)62(40(5)6)91-74(114)63(41(7)8)90-71(111)56-19-17-29-96(56)78(118)55(38-127-129(122,123)124)89-67(107)49(18-15-16-28-81)85-69(109)51(31-45-20-23-47(100)24-21-45)86-72(112)61(39(3)4)92-75(115)64(42(9)14-2)93-68(108)50(26-27-59(102)103)84-66(106)43(10)82/h13,20-25,32,39-44,49-56,61-65,97-100H,1,14-19,26-31,33-38,81-82H2,2-12H3,(H,83,101)(H,84,106)(H,85,109)(H,86,112)(H,87,113)(H,88,116)(H,89,107)(H,90,111)(H,91,114)(H,92,115)(H,93,108)(H,94,110)(H,102,103)(H,104,105)(H,119,120)(H2,122,123,124)/t42-,43-,44+,49-,50-,51-,52-,53-,54-,55-,56-,61-,62-,63-,64-,65-/m0/s1. The average molecular weight is 1850 g/mol. The van der Waals surface area contributed by atoms with Gasteiger partial charge in [0.2, 0.25) is 82.7 Å². The second-order valence-corrected chi connectivity index (χ2v) is 32.8. The maximum atomic E-state index is 14.9. The second-order valence-electron chi connectivity index (χ2n) is 31.5. The molecule has 1 aliphatic rings. The maximum Gasteiger partial charge on any atom is 0.514 e. The number of nitrogens with one attached hydrogen (secondary N) is 12. The normalized spacial score (nSPS) is 16.0. The van der Waals surface area contributed by atoms with Crippen LogP contribution in [0.15, 0.2) is 55.1 Å². The number of benzene rings is 2. The molecule has 0 spiro atoms. The van der Waals surface area contributed by atoms with Gasteiger partial charge in [0.05, 0.1) is 52.0 Å². The summed E-state index contributed by atoms with van der Waals surface area (Å²) in [6.07, 6.45) is -4.32. The van der Waals surface area contributed by atoms with Crippen LogP contribution in [0.4, 0.5) is 4.79 Å². The average Bonchev–Trinajstić information content (AvgIpc) is 1.81. The topological polar surface area (TPSA) is 746 Å². The van der Waals surface area contributed by atoms with Gasteiger partial charge < -0.3 is 145 Å². The molecule has 1 aliphatic heterocycles. The minimum absolute atomic E-state index is 0.0562. The van der Waals surface area contributed by atoms with Crippen molar-refractivity contribution in [3.05, 3.63) is 66.2 Å². The van der Waals surface area contributed by atoms with Crippen LogP contribution in [0.1, 0.15) is 138 Å². The number of ether oxygens (including phenoxy) is 3. The van der Waals surface area contributed by atoms with Crippen LogP contribution in [0.2, 0.25) is 0 Å². The number of phenols is 1. The quantitative estimate of drug-likeness (QED) is 0.00968. The van der Waals surface area contributed by atoms with Crippen molar-refractivity contribution < 1.29 is 155 Å². The summed E-state index contributed by atoms with van der Waals surface area (Å²) in [5, 5.41) is 98.1. The zero-order valence-electron chi connectivity index (χ0n) is 73.4. The Balaban J connectivity index is 2.05. The summed E-state index contributed by atoms with van der Waals surface area (Å²) in [6.45, 7) is 11.6. The largest absolute Gasteiger partial charge is 0.514 e. The third-order valence-corrected chi connectivity index (χ3v) is 20.6.